The molecule has 0 atom stereocenters. The minimum Gasteiger partial charge on any atom is -0.366 e. The number of benzene rings is 1. The molecule has 1 amide bonds. The third-order valence-electron chi connectivity index (χ3n) is 8.89. The lowest BCUT2D eigenvalue weighted by molar-refractivity contribution is -0.132. The third kappa shape index (κ3) is 4.40. The van der Waals surface area contributed by atoms with Crippen molar-refractivity contribution in [2.24, 2.45) is 5.92 Å². The van der Waals surface area contributed by atoms with Crippen LogP contribution >= 0.6 is 0 Å². The van der Waals surface area contributed by atoms with E-state index in [-0.39, 0.29) is 5.41 Å². The summed E-state index contributed by atoms with van der Waals surface area (Å²) in [7, 11) is 0. The molecule has 2 aliphatic heterocycles. The van der Waals surface area contributed by atoms with Gasteiger partial charge in [-0.25, -0.2) is 4.52 Å². The van der Waals surface area contributed by atoms with Crippen molar-refractivity contribution in [3.63, 3.8) is 0 Å². The van der Waals surface area contributed by atoms with Crippen molar-refractivity contribution < 1.29 is 4.79 Å². The number of piperidine rings is 1. The Morgan fingerprint density at radius 2 is 1.64 bits per heavy atom. The van der Waals surface area contributed by atoms with E-state index in [1.165, 1.54) is 48.3 Å². The topological polar surface area (TPSA) is 44.1 Å². The molecule has 3 aliphatic rings. The summed E-state index contributed by atoms with van der Waals surface area (Å²) in [5.74, 6) is 0.668. The molecule has 6 heteroatoms. The van der Waals surface area contributed by atoms with E-state index in [9.17, 15) is 4.79 Å². The van der Waals surface area contributed by atoms with Gasteiger partial charge in [0.25, 0.3) is 0 Å². The highest BCUT2D eigenvalue weighted by Crippen LogP contribution is 2.37. The van der Waals surface area contributed by atoms with Gasteiger partial charge in [-0.1, -0.05) is 31.2 Å². The summed E-state index contributed by atoms with van der Waals surface area (Å²) in [6, 6.07) is 14.3. The third-order valence-corrected chi connectivity index (χ3v) is 8.89. The molecule has 0 unspecified atom stereocenters. The molecule has 190 valence electrons. The minimum absolute atomic E-state index is 0.257. The van der Waals surface area contributed by atoms with Gasteiger partial charge in [-0.05, 0) is 81.3 Å². The SMILES string of the molecule is CC(C)N1CCC(C)(c2ccc(-c3cc4c(N5CCN(C(=O)C6CC6)CC5)ccnn4c3)cc2)CC1. The fraction of sp³-hybridized carbons (Fsp3) is 0.533. The lowest BCUT2D eigenvalue weighted by Crippen LogP contribution is -2.49. The number of hydrogen-bond acceptors (Lipinski definition) is 4. The highest BCUT2D eigenvalue weighted by atomic mass is 16.2. The molecule has 4 heterocycles. The fourth-order valence-corrected chi connectivity index (χ4v) is 6.07. The van der Waals surface area contributed by atoms with Crippen molar-refractivity contribution in [3.05, 3.63) is 54.4 Å². The Bertz CT molecular complexity index is 1230. The van der Waals surface area contributed by atoms with E-state index >= 15 is 0 Å². The molecule has 2 saturated heterocycles. The van der Waals surface area contributed by atoms with Gasteiger partial charge < -0.3 is 14.7 Å². The molecule has 2 aromatic heterocycles. The first-order valence-electron chi connectivity index (χ1n) is 13.8. The number of hydrogen-bond donors (Lipinski definition) is 0. The van der Waals surface area contributed by atoms with Gasteiger partial charge >= 0.3 is 0 Å². The van der Waals surface area contributed by atoms with Crippen LogP contribution in [0.15, 0.2) is 48.8 Å². The molecule has 36 heavy (non-hydrogen) atoms. The number of anilines is 1. The largest absolute Gasteiger partial charge is 0.366 e. The van der Waals surface area contributed by atoms with Crippen LogP contribution in [0.3, 0.4) is 0 Å². The summed E-state index contributed by atoms with van der Waals surface area (Å²) < 4.78 is 2.00. The summed E-state index contributed by atoms with van der Waals surface area (Å²) in [5.41, 5.74) is 6.48. The summed E-state index contributed by atoms with van der Waals surface area (Å²) in [6.07, 6.45) is 8.62. The quantitative estimate of drug-likeness (QED) is 0.520. The zero-order valence-corrected chi connectivity index (χ0v) is 22.0. The minimum atomic E-state index is 0.257. The summed E-state index contributed by atoms with van der Waals surface area (Å²) >= 11 is 0. The van der Waals surface area contributed by atoms with Crippen LogP contribution in [0, 0.1) is 5.92 Å². The van der Waals surface area contributed by atoms with Gasteiger partial charge in [0.15, 0.2) is 0 Å². The molecule has 0 radical (unpaired) electrons. The average molecular weight is 486 g/mol. The van der Waals surface area contributed by atoms with Gasteiger partial charge in [0.1, 0.15) is 0 Å². The zero-order valence-electron chi connectivity index (χ0n) is 22.0. The van der Waals surface area contributed by atoms with E-state index in [4.69, 9.17) is 0 Å². The first-order valence-corrected chi connectivity index (χ1v) is 13.8. The first-order chi connectivity index (χ1) is 17.4. The molecule has 0 bridgehead atoms. The second-order valence-corrected chi connectivity index (χ2v) is 11.6. The zero-order chi connectivity index (χ0) is 24.9. The van der Waals surface area contributed by atoms with E-state index in [1.807, 2.05) is 10.7 Å². The number of carbonyl (C=O) groups is 1. The van der Waals surface area contributed by atoms with Crippen molar-refractivity contribution in [3.8, 4) is 11.1 Å². The summed E-state index contributed by atoms with van der Waals surface area (Å²) in [4.78, 5) is 19.5. The number of nitrogens with zero attached hydrogens (tertiary/aromatic N) is 5. The van der Waals surface area contributed by atoms with Gasteiger partial charge in [0, 0.05) is 56.1 Å². The standard InChI is InChI=1S/C30H39N5O/c1-22(2)32-14-11-30(3,12-15-32)26-8-6-23(7-9-26)25-20-28-27(10-13-31-35(28)21-25)33-16-18-34(19-17-33)29(36)24-4-5-24/h6-10,13,20-22,24H,4-5,11-12,14-19H2,1-3H3. The number of piperazine rings is 1. The number of likely N-dealkylation sites (tertiary alicyclic amines) is 1. The van der Waals surface area contributed by atoms with Gasteiger partial charge in [-0.3, -0.25) is 4.79 Å². The first kappa shape index (κ1) is 23.5. The van der Waals surface area contributed by atoms with E-state index in [2.05, 4.69) is 83.2 Å². The molecule has 6 nitrogen and oxygen atoms in total. The second kappa shape index (κ2) is 9.22. The molecule has 3 aromatic rings. The summed E-state index contributed by atoms with van der Waals surface area (Å²) in [6.45, 7) is 12.8. The van der Waals surface area contributed by atoms with Gasteiger partial charge in [0.2, 0.25) is 5.91 Å². The van der Waals surface area contributed by atoms with Crippen LogP contribution in [0.25, 0.3) is 16.6 Å². The van der Waals surface area contributed by atoms with Gasteiger partial charge in [0.05, 0.1) is 11.2 Å². The summed E-state index contributed by atoms with van der Waals surface area (Å²) in [5, 5.41) is 4.60. The van der Waals surface area contributed by atoms with Gasteiger partial charge in [-0.2, -0.15) is 5.10 Å². The van der Waals surface area contributed by atoms with Crippen molar-refractivity contribution in [2.75, 3.05) is 44.2 Å². The fourth-order valence-electron chi connectivity index (χ4n) is 6.07. The molecule has 1 aliphatic carbocycles. The Hall–Kier alpha value is -2.86. The van der Waals surface area contributed by atoms with Crippen LogP contribution in [0.4, 0.5) is 5.69 Å². The maximum Gasteiger partial charge on any atom is 0.225 e. The predicted molar refractivity (Wildman–Crippen MR) is 145 cm³/mol. The van der Waals surface area contributed by atoms with Crippen LogP contribution in [0.2, 0.25) is 0 Å². The lowest BCUT2D eigenvalue weighted by atomic mass is 9.74. The molecule has 1 aromatic carbocycles. The Balaban J connectivity index is 1.18. The molecular formula is C30H39N5O. The second-order valence-electron chi connectivity index (χ2n) is 11.6. The van der Waals surface area contributed by atoms with Crippen molar-refractivity contribution in [2.45, 2.75) is 57.9 Å². The Kier molecular flexibility index (Phi) is 6.03. The predicted octanol–water partition coefficient (Wildman–Crippen LogP) is 4.82. The van der Waals surface area contributed by atoms with E-state index in [0.29, 0.717) is 17.9 Å². The molecule has 3 fully saturated rings. The number of fused-ring (bicyclic) bond motifs is 1. The van der Waals surface area contributed by atoms with Gasteiger partial charge in [-0.15, -0.1) is 0 Å². The normalized spacial score (nSPS) is 20.9. The van der Waals surface area contributed by atoms with Crippen LogP contribution in [0.5, 0.6) is 0 Å². The molecule has 6 rings (SSSR count). The number of rotatable bonds is 5. The Morgan fingerprint density at radius 1 is 0.944 bits per heavy atom. The molecule has 0 N–H and O–H groups in total. The van der Waals surface area contributed by atoms with Crippen molar-refractivity contribution in [1.82, 2.24) is 19.4 Å². The smallest absolute Gasteiger partial charge is 0.225 e. The van der Waals surface area contributed by atoms with Crippen LogP contribution in [-0.4, -0.2) is 70.6 Å². The van der Waals surface area contributed by atoms with Crippen molar-refractivity contribution >= 4 is 17.1 Å². The number of aromatic nitrogens is 2. The monoisotopic (exact) mass is 485 g/mol. The Labute approximate surface area is 214 Å². The number of carbonyl (C=O) groups excluding carboxylic acids is 1. The van der Waals surface area contributed by atoms with E-state index in [1.54, 1.807) is 0 Å². The maximum absolute atomic E-state index is 12.5. The highest BCUT2D eigenvalue weighted by molar-refractivity contribution is 5.82. The van der Waals surface area contributed by atoms with Crippen molar-refractivity contribution in [1.29, 1.82) is 0 Å². The molecule has 0 spiro atoms. The van der Waals surface area contributed by atoms with Crippen LogP contribution in [0.1, 0.15) is 52.0 Å². The maximum atomic E-state index is 12.5. The van der Waals surface area contributed by atoms with Crippen LogP contribution in [-0.2, 0) is 10.2 Å². The van der Waals surface area contributed by atoms with E-state index < -0.39 is 0 Å². The average Bonchev–Trinajstić information content (AvgIpc) is 3.66. The Morgan fingerprint density at radius 3 is 2.28 bits per heavy atom. The van der Waals surface area contributed by atoms with E-state index in [0.717, 1.165) is 44.5 Å². The number of amides is 1. The highest BCUT2D eigenvalue weighted by Gasteiger charge is 2.35. The molecule has 1 saturated carbocycles. The van der Waals surface area contributed by atoms with Crippen LogP contribution < -0.4 is 4.90 Å². The molecular weight excluding hydrogens is 446 g/mol. The lowest BCUT2D eigenvalue weighted by Gasteiger charge is -2.41.